The van der Waals surface area contributed by atoms with Gasteiger partial charge in [0.05, 0.1) is 5.97 Å². The summed E-state index contributed by atoms with van der Waals surface area (Å²) in [6.07, 6.45) is -9.00. The molecule has 0 radical (unpaired) electrons. The van der Waals surface area contributed by atoms with Gasteiger partial charge in [0.25, 0.3) is 0 Å². The van der Waals surface area contributed by atoms with Crippen LogP contribution in [0.15, 0.2) is 0 Å². The summed E-state index contributed by atoms with van der Waals surface area (Å²) in [5.41, 5.74) is 0. The van der Waals surface area contributed by atoms with Crippen LogP contribution in [0.3, 0.4) is 0 Å². The minimum absolute atomic E-state index is 0. The minimum Gasteiger partial charge on any atom is -0.547 e. The Morgan fingerprint density at radius 2 is 1.57 bits per heavy atom. The molecule has 0 spiro atoms. The standard InChI is InChI=1S/C6H10O7.Na/c7-1-2(8)4(5(10)11)13-6(12)3(1)9;/h1-4,6-9,12H,(H,10,11);/q;+1/p-1/t1-,2-,3+,4-,6-;/m1./s1. The predicted octanol–water partition coefficient (Wildman–Crippen LogP) is -7.46. The Labute approximate surface area is 101 Å². The smallest absolute Gasteiger partial charge is 0.547 e. The van der Waals surface area contributed by atoms with Gasteiger partial charge in [0, 0.05) is 0 Å². The normalized spacial score (nSPS) is 42.7. The number of rotatable bonds is 1. The molecule has 0 unspecified atom stereocenters. The van der Waals surface area contributed by atoms with Gasteiger partial charge < -0.3 is 35.1 Å². The Balaban J connectivity index is 0.00000169. The summed E-state index contributed by atoms with van der Waals surface area (Å²) in [5, 5.41) is 46.1. The maximum atomic E-state index is 10.3. The molecule has 4 N–H and O–H groups in total. The Morgan fingerprint density at radius 3 is 2.00 bits per heavy atom. The number of carboxylic acids is 1. The molecule has 1 aliphatic heterocycles. The number of carboxylic acid groups (broad SMARTS) is 1. The van der Waals surface area contributed by atoms with Crippen LogP contribution in [-0.4, -0.2) is 57.1 Å². The van der Waals surface area contributed by atoms with E-state index < -0.39 is 36.7 Å². The van der Waals surface area contributed by atoms with Crippen molar-refractivity contribution in [2.45, 2.75) is 30.7 Å². The summed E-state index contributed by atoms with van der Waals surface area (Å²) in [7, 11) is 0. The van der Waals surface area contributed by atoms with E-state index in [9.17, 15) is 9.90 Å². The molecule has 0 aromatic rings. The SMILES string of the molecule is O=C([O-])[C@@H]1O[C@@H](O)[C@@H](O)[C@H](O)[C@H]1O.[Na+]. The number of carbonyl (C=O) groups is 1. The second-order valence-electron chi connectivity index (χ2n) is 2.74. The molecule has 0 amide bonds. The Morgan fingerprint density at radius 1 is 1.07 bits per heavy atom. The zero-order chi connectivity index (χ0) is 10.2. The number of aliphatic hydroxyl groups is 4. The fourth-order valence-electron chi connectivity index (χ4n) is 1.06. The second-order valence-corrected chi connectivity index (χ2v) is 2.74. The van der Waals surface area contributed by atoms with Crippen molar-refractivity contribution in [2.75, 3.05) is 0 Å². The number of carbonyl (C=O) groups excluding carboxylic acids is 1. The van der Waals surface area contributed by atoms with Crippen molar-refractivity contribution in [3.8, 4) is 0 Å². The van der Waals surface area contributed by atoms with Gasteiger partial charge >= 0.3 is 29.6 Å². The van der Waals surface area contributed by atoms with Crippen LogP contribution >= 0.6 is 0 Å². The van der Waals surface area contributed by atoms with Gasteiger partial charge in [-0.25, -0.2) is 0 Å². The van der Waals surface area contributed by atoms with E-state index in [1.165, 1.54) is 0 Å². The molecule has 8 heteroatoms. The van der Waals surface area contributed by atoms with E-state index in [0.29, 0.717) is 0 Å². The average molecular weight is 216 g/mol. The Kier molecular flexibility index (Phi) is 5.48. The number of ether oxygens (including phenoxy) is 1. The van der Waals surface area contributed by atoms with Crippen molar-refractivity contribution >= 4 is 5.97 Å². The minimum atomic E-state index is -1.85. The van der Waals surface area contributed by atoms with Gasteiger partial charge in [-0.05, 0) is 0 Å². The number of hydrogen-bond acceptors (Lipinski definition) is 7. The van der Waals surface area contributed by atoms with Crippen molar-refractivity contribution in [3.63, 3.8) is 0 Å². The predicted molar refractivity (Wildman–Crippen MR) is 33.9 cm³/mol. The molecular weight excluding hydrogens is 207 g/mol. The molecule has 0 saturated carbocycles. The molecule has 14 heavy (non-hydrogen) atoms. The molecular formula is C6H9NaO7. The fraction of sp³-hybridized carbons (Fsp3) is 0.833. The van der Waals surface area contributed by atoms with Crippen LogP contribution in [0.25, 0.3) is 0 Å². The van der Waals surface area contributed by atoms with Gasteiger partial charge in [-0.3, -0.25) is 0 Å². The fourth-order valence-corrected chi connectivity index (χ4v) is 1.06. The number of aliphatic hydroxyl groups excluding tert-OH is 4. The molecule has 1 saturated heterocycles. The molecule has 1 rings (SSSR count). The molecule has 1 aliphatic rings. The molecule has 7 nitrogen and oxygen atoms in total. The first-order valence-electron chi connectivity index (χ1n) is 3.53. The Bertz CT molecular complexity index is 210. The van der Waals surface area contributed by atoms with Gasteiger partial charge in [0.2, 0.25) is 0 Å². The number of hydrogen-bond donors (Lipinski definition) is 4. The molecule has 0 aromatic carbocycles. The van der Waals surface area contributed by atoms with E-state index in [-0.39, 0.29) is 29.6 Å². The molecule has 5 atom stereocenters. The third-order valence-corrected chi connectivity index (χ3v) is 1.82. The van der Waals surface area contributed by atoms with Crippen molar-refractivity contribution < 1.29 is 64.6 Å². The van der Waals surface area contributed by atoms with Gasteiger partial charge in [-0.15, -0.1) is 0 Å². The molecule has 1 fully saturated rings. The third kappa shape index (κ3) is 2.65. The van der Waals surface area contributed by atoms with Gasteiger partial charge in [-0.1, -0.05) is 0 Å². The first kappa shape index (κ1) is 14.3. The van der Waals surface area contributed by atoms with Crippen molar-refractivity contribution in [1.29, 1.82) is 0 Å². The van der Waals surface area contributed by atoms with E-state index >= 15 is 0 Å². The molecule has 76 valence electrons. The van der Waals surface area contributed by atoms with E-state index in [1.54, 1.807) is 0 Å². The van der Waals surface area contributed by atoms with E-state index in [0.717, 1.165) is 0 Å². The quantitative estimate of drug-likeness (QED) is 0.320. The molecule has 0 aromatic heterocycles. The number of aliphatic carboxylic acids is 1. The Hall–Kier alpha value is 0.270. The van der Waals surface area contributed by atoms with Gasteiger partial charge in [-0.2, -0.15) is 0 Å². The van der Waals surface area contributed by atoms with Crippen LogP contribution in [0, 0.1) is 0 Å². The van der Waals surface area contributed by atoms with Crippen LogP contribution in [0.2, 0.25) is 0 Å². The molecule has 1 heterocycles. The first-order chi connectivity index (χ1) is 5.95. The molecule has 0 bridgehead atoms. The van der Waals surface area contributed by atoms with Crippen LogP contribution in [0.4, 0.5) is 0 Å². The summed E-state index contributed by atoms with van der Waals surface area (Å²) in [4.78, 5) is 10.3. The van der Waals surface area contributed by atoms with Crippen LogP contribution in [-0.2, 0) is 9.53 Å². The van der Waals surface area contributed by atoms with Crippen LogP contribution < -0.4 is 34.7 Å². The van der Waals surface area contributed by atoms with E-state index in [2.05, 4.69) is 4.74 Å². The average Bonchev–Trinajstić information content (AvgIpc) is 2.07. The zero-order valence-corrected chi connectivity index (χ0v) is 9.40. The maximum absolute atomic E-state index is 10.3. The van der Waals surface area contributed by atoms with Crippen LogP contribution in [0.5, 0.6) is 0 Å². The largest absolute Gasteiger partial charge is 1.00 e. The van der Waals surface area contributed by atoms with Gasteiger partial charge in [0.1, 0.15) is 24.4 Å². The van der Waals surface area contributed by atoms with Crippen LogP contribution in [0.1, 0.15) is 0 Å². The molecule has 0 aliphatic carbocycles. The van der Waals surface area contributed by atoms with Gasteiger partial charge in [0.15, 0.2) is 6.29 Å². The topological polar surface area (TPSA) is 130 Å². The first-order valence-corrected chi connectivity index (χ1v) is 3.53. The summed E-state index contributed by atoms with van der Waals surface area (Å²) in [6.45, 7) is 0. The van der Waals surface area contributed by atoms with Crippen molar-refractivity contribution in [1.82, 2.24) is 0 Å². The van der Waals surface area contributed by atoms with Crippen molar-refractivity contribution in [3.05, 3.63) is 0 Å². The summed E-state index contributed by atoms with van der Waals surface area (Å²) in [5.74, 6) is -1.77. The maximum Gasteiger partial charge on any atom is 1.00 e. The van der Waals surface area contributed by atoms with E-state index in [1.807, 2.05) is 0 Å². The van der Waals surface area contributed by atoms with Crippen molar-refractivity contribution in [2.24, 2.45) is 0 Å². The summed E-state index contributed by atoms with van der Waals surface area (Å²) >= 11 is 0. The third-order valence-electron chi connectivity index (χ3n) is 1.82. The monoisotopic (exact) mass is 216 g/mol. The zero-order valence-electron chi connectivity index (χ0n) is 7.40. The summed E-state index contributed by atoms with van der Waals surface area (Å²) < 4.78 is 4.28. The van der Waals surface area contributed by atoms with E-state index in [4.69, 9.17) is 20.4 Å². The second kappa shape index (κ2) is 5.38. The summed E-state index contributed by atoms with van der Waals surface area (Å²) in [6, 6.07) is 0.